The Bertz CT molecular complexity index is 1260. The molecule has 0 bridgehead atoms. The molecule has 1 aromatic heterocycles. The molecule has 32 heavy (non-hydrogen) atoms. The minimum atomic E-state index is -4.63. The van der Waals surface area contributed by atoms with E-state index in [0.29, 0.717) is 12.1 Å². The number of nitrogens with zero attached hydrogens (tertiary/aromatic N) is 1. The number of carbonyl (C=O) groups is 2. The first-order valence-corrected chi connectivity index (χ1v) is 11.1. The molecule has 2 amide bonds. The van der Waals surface area contributed by atoms with Gasteiger partial charge >= 0.3 is 6.18 Å². The van der Waals surface area contributed by atoms with Crippen LogP contribution in [0.3, 0.4) is 0 Å². The Morgan fingerprint density at radius 3 is 2.31 bits per heavy atom. The van der Waals surface area contributed by atoms with Gasteiger partial charge in [-0.05, 0) is 36.4 Å². The summed E-state index contributed by atoms with van der Waals surface area (Å²) >= 11 is 0.937. The van der Waals surface area contributed by atoms with Crippen molar-refractivity contribution in [2.24, 2.45) is 0 Å². The van der Waals surface area contributed by atoms with Crippen LogP contribution in [0.5, 0.6) is 0 Å². The van der Waals surface area contributed by atoms with E-state index < -0.39 is 50.7 Å². The lowest BCUT2D eigenvalue weighted by Crippen LogP contribution is -2.32. The second-order valence-corrected chi connectivity index (χ2v) is 8.85. The first-order valence-electron chi connectivity index (χ1n) is 8.69. The number of rotatable bonds is 6. The van der Waals surface area contributed by atoms with Gasteiger partial charge in [-0.15, -0.1) is 11.3 Å². The number of hydrogen-bond acceptors (Lipinski definition) is 6. The van der Waals surface area contributed by atoms with E-state index in [0.717, 1.165) is 29.5 Å². The molecule has 2 aromatic carbocycles. The van der Waals surface area contributed by atoms with Gasteiger partial charge in [0.15, 0.2) is 5.13 Å². The molecule has 0 atom stereocenters. The molecule has 0 saturated carbocycles. The predicted octanol–water partition coefficient (Wildman–Crippen LogP) is 3.60. The molecule has 7 nitrogen and oxygen atoms in total. The molecule has 0 saturated heterocycles. The third kappa shape index (κ3) is 5.68. The van der Waals surface area contributed by atoms with E-state index in [1.54, 1.807) is 4.72 Å². The van der Waals surface area contributed by atoms with Gasteiger partial charge < -0.3 is 0 Å². The molecule has 0 aliphatic rings. The fourth-order valence-electron chi connectivity index (χ4n) is 2.49. The van der Waals surface area contributed by atoms with Crippen LogP contribution >= 0.6 is 11.3 Å². The average molecular weight is 487 g/mol. The fourth-order valence-corrected chi connectivity index (χ4v) is 4.18. The molecule has 13 heteroatoms. The smallest absolute Gasteiger partial charge is 0.298 e. The highest BCUT2D eigenvalue weighted by molar-refractivity contribution is 7.90. The number of amides is 2. The lowest BCUT2D eigenvalue weighted by atomic mass is 10.2. The summed E-state index contributed by atoms with van der Waals surface area (Å²) in [6, 6.07) is 7.93. The van der Waals surface area contributed by atoms with E-state index in [9.17, 15) is 35.6 Å². The van der Waals surface area contributed by atoms with Crippen LogP contribution < -0.4 is 10.0 Å². The number of nitrogens with one attached hydrogen (secondary N) is 2. The summed E-state index contributed by atoms with van der Waals surface area (Å²) in [6.07, 6.45) is -5.11. The zero-order chi connectivity index (χ0) is 23.5. The molecule has 0 fully saturated rings. The zero-order valence-electron chi connectivity index (χ0n) is 15.8. The van der Waals surface area contributed by atoms with Crippen molar-refractivity contribution in [1.82, 2.24) is 9.71 Å². The summed E-state index contributed by atoms with van der Waals surface area (Å²) in [7, 11) is -4.40. The van der Waals surface area contributed by atoms with Gasteiger partial charge in [-0.25, -0.2) is 22.5 Å². The number of carbonyl (C=O) groups excluding carboxylic acids is 2. The molecule has 2 N–H and O–H groups in total. The number of aromatic nitrogens is 1. The van der Waals surface area contributed by atoms with Crippen LogP contribution in [-0.4, -0.2) is 25.2 Å². The van der Waals surface area contributed by atoms with E-state index in [2.05, 4.69) is 10.3 Å². The monoisotopic (exact) mass is 487 g/mol. The van der Waals surface area contributed by atoms with Crippen LogP contribution in [0.25, 0.3) is 0 Å². The van der Waals surface area contributed by atoms with Gasteiger partial charge in [0.1, 0.15) is 5.82 Å². The van der Waals surface area contributed by atoms with Gasteiger partial charge in [0.05, 0.1) is 28.1 Å². The van der Waals surface area contributed by atoms with E-state index in [1.165, 1.54) is 23.6 Å². The first kappa shape index (κ1) is 23.3. The highest BCUT2D eigenvalue weighted by atomic mass is 32.2. The van der Waals surface area contributed by atoms with Crippen molar-refractivity contribution in [1.29, 1.82) is 0 Å². The lowest BCUT2D eigenvalue weighted by molar-refractivity contribution is -0.137. The van der Waals surface area contributed by atoms with Crippen molar-refractivity contribution in [2.75, 3.05) is 5.32 Å². The molecule has 0 spiro atoms. The fraction of sp³-hybridized carbons (Fsp3) is 0.105. The average Bonchev–Trinajstić information content (AvgIpc) is 3.13. The van der Waals surface area contributed by atoms with Crippen molar-refractivity contribution >= 4 is 38.3 Å². The Balaban J connectivity index is 1.62. The highest BCUT2D eigenvalue weighted by Crippen LogP contribution is 2.29. The highest BCUT2D eigenvalue weighted by Gasteiger charge is 2.31. The number of halogens is 4. The van der Waals surface area contributed by atoms with E-state index in [4.69, 9.17) is 0 Å². The number of benzene rings is 2. The van der Waals surface area contributed by atoms with Crippen LogP contribution in [0, 0.1) is 5.82 Å². The molecular weight excluding hydrogens is 474 g/mol. The maximum absolute atomic E-state index is 13.7. The summed E-state index contributed by atoms with van der Waals surface area (Å²) in [5.74, 6) is -2.46. The van der Waals surface area contributed by atoms with Gasteiger partial charge in [-0.2, -0.15) is 13.2 Å². The van der Waals surface area contributed by atoms with Crippen molar-refractivity contribution in [3.63, 3.8) is 0 Å². The summed E-state index contributed by atoms with van der Waals surface area (Å²) in [5.41, 5.74) is -1.11. The Hall–Kier alpha value is -3.32. The standard InChI is InChI=1S/C19H13F4N3O4S2/c20-15-4-2-1-3-14(15)17(28)25-18-24-12(10-31-18)9-16(27)26-32(29,30)13-7-5-11(6-8-13)19(21,22)23/h1-8,10H,9H2,(H,26,27)(H,24,25,28). The van der Waals surface area contributed by atoms with Gasteiger partial charge in [-0.3, -0.25) is 14.9 Å². The maximum Gasteiger partial charge on any atom is 0.416 e. The van der Waals surface area contributed by atoms with Crippen LogP contribution in [0.4, 0.5) is 22.7 Å². The second-order valence-electron chi connectivity index (χ2n) is 6.31. The summed E-state index contributed by atoms with van der Waals surface area (Å²) in [4.78, 5) is 27.6. The van der Waals surface area contributed by atoms with Crippen LogP contribution in [0.1, 0.15) is 21.6 Å². The number of alkyl halides is 3. The molecule has 0 aliphatic carbocycles. The lowest BCUT2D eigenvalue weighted by Gasteiger charge is -2.09. The number of hydrogen-bond donors (Lipinski definition) is 2. The van der Waals surface area contributed by atoms with Gasteiger partial charge in [0.25, 0.3) is 15.9 Å². The topological polar surface area (TPSA) is 105 Å². The van der Waals surface area contributed by atoms with Gasteiger partial charge in [0, 0.05) is 5.38 Å². The van der Waals surface area contributed by atoms with Crippen LogP contribution in [0.15, 0.2) is 58.8 Å². The molecule has 1 heterocycles. The van der Waals surface area contributed by atoms with Gasteiger partial charge in [0.2, 0.25) is 5.91 Å². The number of thiazole rings is 1. The van der Waals surface area contributed by atoms with Crippen molar-refractivity contribution in [3.8, 4) is 0 Å². The van der Waals surface area contributed by atoms with Gasteiger partial charge in [-0.1, -0.05) is 12.1 Å². The van der Waals surface area contributed by atoms with Crippen LogP contribution in [0.2, 0.25) is 0 Å². The van der Waals surface area contributed by atoms with Crippen molar-refractivity contribution in [2.45, 2.75) is 17.5 Å². The molecule has 0 radical (unpaired) electrons. The quantitative estimate of drug-likeness (QED) is 0.517. The molecular formula is C19H13F4N3O4S2. The number of anilines is 1. The third-order valence-corrected chi connectivity index (χ3v) is 6.17. The minimum Gasteiger partial charge on any atom is -0.298 e. The van der Waals surface area contributed by atoms with Crippen molar-refractivity contribution in [3.05, 3.63) is 76.5 Å². The molecule has 3 rings (SSSR count). The molecule has 0 aliphatic heterocycles. The minimum absolute atomic E-state index is 0.0617. The zero-order valence-corrected chi connectivity index (χ0v) is 17.4. The summed E-state index contributed by atoms with van der Waals surface area (Å²) in [5, 5.41) is 3.82. The molecule has 3 aromatic rings. The Kier molecular flexibility index (Phi) is 6.60. The Labute approximate surface area is 183 Å². The van der Waals surface area contributed by atoms with E-state index >= 15 is 0 Å². The maximum atomic E-state index is 13.7. The second kappa shape index (κ2) is 9.04. The van der Waals surface area contributed by atoms with Crippen LogP contribution in [-0.2, 0) is 27.4 Å². The van der Waals surface area contributed by atoms with Crippen molar-refractivity contribution < 1.29 is 35.6 Å². The SMILES string of the molecule is O=C(Cc1csc(NC(=O)c2ccccc2F)n1)NS(=O)(=O)c1ccc(C(F)(F)F)cc1. The van der Waals surface area contributed by atoms with E-state index in [-0.39, 0.29) is 16.4 Å². The first-order chi connectivity index (χ1) is 15.0. The largest absolute Gasteiger partial charge is 0.416 e. The Morgan fingerprint density at radius 1 is 1.03 bits per heavy atom. The summed E-state index contributed by atoms with van der Waals surface area (Å²) < 4.78 is 77.6. The summed E-state index contributed by atoms with van der Waals surface area (Å²) in [6.45, 7) is 0. The third-order valence-electron chi connectivity index (χ3n) is 3.97. The van der Waals surface area contributed by atoms with E-state index in [1.807, 2.05) is 0 Å². The predicted molar refractivity (Wildman–Crippen MR) is 107 cm³/mol. The number of sulfonamides is 1. The molecule has 0 unspecified atom stereocenters. The Morgan fingerprint density at radius 2 is 1.69 bits per heavy atom. The normalized spacial score (nSPS) is 11.8. The molecule has 168 valence electrons.